The maximum atomic E-state index is 13.4. The van der Waals surface area contributed by atoms with Gasteiger partial charge >= 0.3 is 0 Å². The van der Waals surface area contributed by atoms with Gasteiger partial charge in [0.15, 0.2) is 0 Å². The molecule has 31 heavy (non-hydrogen) atoms. The van der Waals surface area contributed by atoms with E-state index in [1.165, 1.54) is 6.92 Å². The van der Waals surface area contributed by atoms with Gasteiger partial charge < -0.3 is 14.8 Å². The van der Waals surface area contributed by atoms with E-state index in [0.29, 0.717) is 23.4 Å². The maximum absolute atomic E-state index is 13.4. The van der Waals surface area contributed by atoms with Crippen molar-refractivity contribution in [1.82, 2.24) is 9.55 Å². The van der Waals surface area contributed by atoms with E-state index < -0.39 is 0 Å². The molecule has 2 heterocycles. The van der Waals surface area contributed by atoms with Crippen LogP contribution in [-0.4, -0.2) is 21.4 Å². The summed E-state index contributed by atoms with van der Waals surface area (Å²) in [4.78, 5) is 30.7. The van der Waals surface area contributed by atoms with Crippen LogP contribution in [0.4, 0.5) is 11.4 Å². The third kappa shape index (κ3) is 4.47. The van der Waals surface area contributed by atoms with Crippen molar-refractivity contribution in [3.8, 4) is 6.07 Å². The lowest BCUT2D eigenvalue weighted by Gasteiger charge is -2.23. The molecular weight excluding hydrogens is 410 g/mol. The lowest BCUT2D eigenvalue weighted by molar-refractivity contribution is -0.119. The Morgan fingerprint density at radius 2 is 1.94 bits per heavy atom. The number of carbonyl (C=O) groups is 2. The van der Waals surface area contributed by atoms with Crippen LogP contribution in [0, 0.1) is 11.3 Å². The first-order valence-electron chi connectivity index (χ1n) is 9.59. The number of aromatic nitrogens is 2. The molecule has 0 bridgehead atoms. The Balaban J connectivity index is 1.66. The number of fused-ring (bicyclic) bond motifs is 1. The highest BCUT2D eigenvalue weighted by atomic mass is 32.1. The van der Waals surface area contributed by atoms with E-state index in [-0.39, 0.29) is 24.2 Å². The Kier molecular flexibility index (Phi) is 5.78. The largest absolute Gasteiger partial charge is 0.326 e. The van der Waals surface area contributed by atoms with Crippen molar-refractivity contribution in [2.45, 2.75) is 20.0 Å². The van der Waals surface area contributed by atoms with Gasteiger partial charge in [-0.05, 0) is 58.8 Å². The minimum absolute atomic E-state index is 0.0129. The molecule has 1 N–H and O–H groups in total. The van der Waals surface area contributed by atoms with Crippen molar-refractivity contribution >= 4 is 45.6 Å². The van der Waals surface area contributed by atoms with E-state index in [2.05, 4.69) is 16.4 Å². The molecular formula is C23H19N5O2S. The molecule has 4 aromatic rings. The summed E-state index contributed by atoms with van der Waals surface area (Å²) >= 11 is 1.57. The highest BCUT2D eigenvalue weighted by Crippen LogP contribution is 2.23. The van der Waals surface area contributed by atoms with E-state index >= 15 is 0 Å². The molecule has 0 fully saturated rings. The third-order valence-corrected chi connectivity index (χ3v) is 5.50. The summed E-state index contributed by atoms with van der Waals surface area (Å²) in [5.74, 6) is -0.126. The summed E-state index contributed by atoms with van der Waals surface area (Å²) in [7, 11) is 0. The van der Waals surface area contributed by atoms with Gasteiger partial charge in [0.1, 0.15) is 12.6 Å². The monoisotopic (exact) mass is 429 g/mol. The van der Waals surface area contributed by atoms with Crippen molar-refractivity contribution in [3.63, 3.8) is 0 Å². The molecule has 0 aliphatic rings. The van der Waals surface area contributed by atoms with Crippen LogP contribution in [0.15, 0.2) is 65.4 Å². The number of hydrogen-bond donors (Lipinski definition) is 1. The molecule has 0 saturated carbocycles. The first kappa shape index (κ1) is 20.3. The average Bonchev–Trinajstić information content (AvgIpc) is 3.40. The molecule has 0 saturated heterocycles. The number of benzene rings is 2. The number of anilines is 2. The minimum atomic E-state index is -0.168. The Morgan fingerprint density at radius 1 is 1.16 bits per heavy atom. The number of para-hydroxylation sites is 2. The Labute approximate surface area is 183 Å². The topological polar surface area (TPSA) is 91.0 Å². The third-order valence-electron chi connectivity index (χ3n) is 4.77. The molecule has 0 aliphatic heterocycles. The number of carbonyl (C=O) groups excluding carboxylic acids is 2. The van der Waals surface area contributed by atoms with Gasteiger partial charge in [-0.1, -0.05) is 12.1 Å². The number of nitriles is 1. The van der Waals surface area contributed by atoms with Crippen LogP contribution in [0.2, 0.25) is 0 Å². The molecule has 7 nitrogen and oxygen atoms in total. The molecule has 2 aromatic heterocycles. The van der Waals surface area contributed by atoms with Crippen LogP contribution >= 0.6 is 11.3 Å². The fraction of sp³-hybridized carbons (Fsp3) is 0.130. The van der Waals surface area contributed by atoms with E-state index in [1.807, 2.05) is 41.1 Å². The number of nitrogens with one attached hydrogen (secondary N) is 1. The molecule has 2 amide bonds. The quantitative estimate of drug-likeness (QED) is 0.498. The Bertz CT molecular complexity index is 1270. The van der Waals surface area contributed by atoms with E-state index in [9.17, 15) is 14.9 Å². The lowest BCUT2D eigenvalue weighted by atomic mass is 10.2. The van der Waals surface area contributed by atoms with Gasteiger partial charge in [-0.25, -0.2) is 4.98 Å². The smallest absolute Gasteiger partial charge is 0.247 e. The zero-order valence-electron chi connectivity index (χ0n) is 16.8. The molecule has 0 aliphatic carbocycles. The number of rotatable bonds is 6. The average molecular weight is 430 g/mol. The number of hydrogen-bond acceptors (Lipinski definition) is 5. The molecule has 154 valence electrons. The second-order valence-electron chi connectivity index (χ2n) is 6.96. The summed E-state index contributed by atoms with van der Waals surface area (Å²) in [5.41, 5.74) is 3.79. The molecule has 0 unspecified atom stereocenters. The van der Waals surface area contributed by atoms with Crippen LogP contribution in [-0.2, 0) is 22.7 Å². The zero-order valence-corrected chi connectivity index (χ0v) is 17.6. The molecule has 0 spiro atoms. The van der Waals surface area contributed by atoms with Gasteiger partial charge in [0.2, 0.25) is 17.6 Å². The van der Waals surface area contributed by atoms with Crippen molar-refractivity contribution in [2.24, 2.45) is 0 Å². The predicted octanol–water partition coefficient (Wildman–Crippen LogP) is 4.16. The minimum Gasteiger partial charge on any atom is -0.326 e. The summed E-state index contributed by atoms with van der Waals surface area (Å²) < 4.78 is 1.64. The molecule has 2 aromatic carbocycles. The highest BCUT2D eigenvalue weighted by molar-refractivity contribution is 7.07. The SMILES string of the molecule is CC(=O)Nc1ccc(N(Cc2ccsc2)C(=O)Cn2c(C#N)nc3ccccc32)cc1. The van der Waals surface area contributed by atoms with Crippen LogP contribution in [0.3, 0.4) is 0 Å². The van der Waals surface area contributed by atoms with Crippen LogP contribution in [0.5, 0.6) is 0 Å². The number of thiophene rings is 1. The number of imidazole rings is 1. The van der Waals surface area contributed by atoms with Crippen LogP contribution < -0.4 is 10.2 Å². The second-order valence-corrected chi connectivity index (χ2v) is 7.74. The van der Waals surface area contributed by atoms with Gasteiger partial charge in [-0.15, -0.1) is 0 Å². The molecule has 4 rings (SSSR count). The fourth-order valence-corrected chi connectivity index (χ4v) is 4.02. The summed E-state index contributed by atoms with van der Waals surface area (Å²) in [6.45, 7) is 1.83. The predicted molar refractivity (Wildman–Crippen MR) is 121 cm³/mol. The first-order chi connectivity index (χ1) is 15.0. The first-order valence-corrected chi connectivity index (χ1v) is 10.5. The van der Waals surface area contributed by atoms with Crippen LogP contribution in [0.25, 0.3) is 11.0 Å². The molecule has 0 radical (unpaired) electrons. The standard InChI is InChI=1S/C23H19N5O2S/c1-16(29)25-18-6-8-19(9-7-18)27(13-17-10-11-31-15-17)23(30)14-28-21-5-3-2-4-20(21)26-22(28)12-24/h2-11,15H,13-14H2,1H3,(H,25,29). The summed E-state index contributed by atoms with van der Waals surface area (Å²) in [6, 6.07) is 18.6. The van der Waals surface area contributed by atoms with E-state index in [4.69, 9.17) is 0 Å². The normalized spacial score (nSPS) is 10.6. The van der Waals surface area contributed by atoms with Crippen molar-refractivity contribution in [1.29, 1.82) is 5.26 Å². The van der Waals surface area contributed by atoms with Crippen molar-refractivity contribution < 1.29 is 9.59 Å². The van der Waals surface area contributed by atoms with Gasteiger partial charge in [-0.3, -0.25) is 9.59 Å². The van der Waals surface area contributed by atoms with Gasteiger partial charge in [-0.2, -0.15) is 16.6 Å². The van der Waals surface area contributed by atoms with Crippen molar-refractivity contribution in [2.75, 3.05) is 10.2 Å². The molecule has 0 atom stereocenters. The Morgan fingerprint density at radius 3 is 2.61 bits per heavy atom. The van der Waals surface area contributed by atoms with E-state index in [0.717, 1.165) is 11.1 Å². The Hall–Kier alpha value is -3.96. The lowest BCUT2D eigenvalue weighted by Crippen LogP contribution is -2.33. The number of nitrogens with zero attached hydrogens (tertiary/aromatic N) is 4. The number of amides is 2. The maximum Gasteiger partial charge on any atom is 0.247 e. The van der Waals surface area contributed by atoms with Crippen LogP contribution in [0.1, 0.15) is 18.3 Å². The van der Waals surface area contributed by atoms with Gasteiger partial charge in [0.05, 0.1) is 17.6 Å². The second kappa shape index (κ2) is 8.81. The molecule has 8 heteroatoms. The van der Waals surface area contributed by atoms with Gasteiger partial charge in [0.25, 0.3) is 0 Å². The van der Waals surface area contributed by atoms with Gasteiger partial charge in [0, 0.05) is 18.3 Å². The zero-order chi connectivity index (χ0) is 21.8. The highest BCUT2D eigenvalue weighted by Gasteiger charge is 2.20. The van der Waals surface area contributed by atoms with Crippen molar-refractivity contribution in [3.05, 3.63) is 76.7 Å². The fourth-order valence-electron chi connectivity index (χ4n) is 3.36. The summed E-state index contributed by atoms with van der Waals surface area (Å²) in [6.07, 6.45) is 0. The summed E-state index contributed by atoms with van der Waals surface area (Å²) in [5, 5.41) is 16.2. The van der Waals surface area contributed by atoms with E-state index in [1.54, 1.807) is 45.1 Å².